The van der Waals surface area contributed by atoms with E-state index in [1.807, 2.05) is 48.5 Å². The second-order valence-electron chi connectivity index (χ2n) is 3.69. The third kappa shape index (κ3) is 4.17. The van der Waals surface area contributed by atoms with Crippen LogP contribution in [0.25, 0.3) is 0 Å². The first-order valence-corrected chi connectivity index (χ1v) is 6.56. The summed E-state index contributed by atoms with van der Waals surface area (Å²) in [6.45, 7) is 0.408. The van der Waals surface area contributed by atoms with E-state index in [9.17, 15) is 0 Å². The molecule has 0 spiro atoms. The Kier molecular flexibility index (Phi) is 4.79. The zero-order chi connectivity index (χ0) is 12.8. The molecule has 0 saturated heterocycles. The van der Waals surface area contributed by atoms with E-state index in [4.69, 9.17) is 16.4 Å². The minimum absolute atomic E-state index is 0.408. The Labute approximate surface area is 119 Å². The SMILES string of the molecule is Clc1cccc(CON=Cc2cccc(Br)c2)c1. The van der Waals surface area contributed by atoms with Crippen molar-refractivity contribution in [2.45, 2.75) is 6.61 Å². The van der Waals surface area contributed by atoms with Crippen molar-refractivity contribution in [3.63, 3.8) is 0 Å². The molecule has 0 fully saturated rings. The molecular weight excluding hydrogens is 314 g/mol. The summed E-state index contributed by atoms with van der Waals surface area (Å²) >= 11 is 9.27. The van der Waals surface area contributed by atoms with Crippen molar-refractivity contribution in [1.29, 1.82) is 0 Å². The van der Waals surface area contributed by atoms with E-state index in [0.717, 1.165) is 15.6 Å². The van der Waals surface area contributed by atoms with Crippen molar-refractivity contribution in [2.24, 2.45) is 5.16 Å². The fraction of sp³-hybridized carbons (Fsp3) is 0.0714. The van der Waals surface area contributed by atoms with Crippen LogP contribution in [0.1, 0.15) is 11.1 Å². The van der Waals surface area contributed by atoms with Gasteiger partial charge in [0.15, 0.2) is 0 Å². The van der Waals surface area contributed by atoms with Gasteiger partial charge in [0.1, 0.15) is 6.61 Å². The van der Waals surface area contributed by atoms with Crippen molar-refractivity contribution in [3.8, 4) is 0 Å². The third-order valence-corrected chi connectivity index (χ3v) is 2.97. The first-order chi connectivity index (χ1) is 8.74. The summed E-state index contributed by atoms with van der Waals surface area (Å²) in [7, 11) is 0. The van der Waals surface area contributed by atoms with Crippen molar-refractivity contribution >= 4 is 33.7 Å². The second kappa shape index (κ2) is 6.57. The normalized spacial score (nSPS) is 10.8. The summed E-state index contributed by atoms with van der Waals surface area (Å²) in [4.78, 5) is 5.21. The van der Waals surface area contributed by atoms with Gasteiger partial charge in [0.05, 0.1) is 6.21 Å². The molecule has 2 aromatic rings. The lowest BCUT2D eigenvalue weighted by atomic mass is 10.2. The van der Waals surface area contributed by atoms with Gasteiger partial charge in [-0.1, -0.05) is 57.0 Å². The van der Waals surface area contributed by atoms with Gasteiger partial charge in [0.25, 0.3) is 0 Å². The van der Waals surface area contributed by atoms with E-state index in [-0.39, 0.29) is 0 Å². The molecule has 0 aromatic heterocycles. The van der Waals surface area contributed by atoms with Gasteiger partial charge in [-0.3, -0.25) is 0 Å². The van der Waals surface area contributed by atoms with Crippen LogP contribution in [-0.2, 0) is 11.4 Å². The van der Waals surface area contributed by atoms with Crippen LogP contribution in [-0.4, -0.2) is 6.21 Å². The third-order valence-electron chi connectivity index (χ3n) is 2.25. The van der Waals surface area contributed by atoms with Gasteiger partial charge in [0, 0.05) is 9.50 Å². The smallest absolute Gasteiger partial charge is 0.142 e. The van der Waals surface area contributed by atoms with Gasteiger partial charge < -0.3 is 4.84 Å². The van der Waals surface area contributed by atoms with Crippen molar-refractivity contribution in [2.75, 3.05) is 0 Å². The Hall–Kier alpha value is -1.32. The van der Waals surface area contributed by atoms with Crippen LogP contribution in [0, 0.1) is 0 Å². The van der Waals surface area contributed by atoms with Crippen LogP contribution in [0.15, 0.2) is 58.2 Å². The van der Waals surface area contributed by atoms with Gasteiger partial charge in [-0.25, -0.2) is 0 Å². The van der Waals surface area contributed by atoms with E-state index in [2.05, 4.69) is 21.1 Å². The summed E-state index contributed by atoms with van der Waals surface area (Å²) in [5.74, 6) is 0. The minimum Gasteiger partial charge on any atom is -0.391 e. The highest BCUT2D eigenvalue weighted by Gasteiger charge is 1.94. The molecule has 4 heteroatoms. The summed E-state index contributed by atoms with van der Waals surface area (Å²) in [6.07, 6.45) is 1.68. The zero-order valence-corrected chi connectivity index (χ0v) is 11.9. The Morgan fingerprint density at radius 3 is 2.78 bits per heavy atom. The summed E-state index contributed by atoms with van der Waals surface area (Å²) < 4.78 is 1.02. The van der Waals surface area contributed by atoms with Crippen molar-refractivity contribution in [3.05, 3.63) is 69.2 Å². The van der Waals surface area contributed by atoms with Gasteiger partial charge in [-0.05, 0) is 35.4 Å². The van der Waals surface area contributed by atoms with Gasteiger partial charge in [-0.15, -0.1) is 0 Å². The van der Waals surface area contributed by atoms with Crippen molar-refractivity contribution in [1.82, 2.24) is 0 Å². The lowest BCUT2D eigenvalue weighted by Crippen LogP contribution is -1.88. The lowest BCUT2D eigenvalue weighted by Gasteiger charge is -2.00. The second-order valence-corrected chi connectivity index (χ2v) is 5.04. The van der Waals surface area contributed by atoms with Gasteiger partial charge in [0.2, 0.25) is 0 Å². The van der Waals surface area contributed by atoms with Crippen LogP contribution >= 0.6 is 27.5 Å². The average Bonchev–Trinajstić information content (AvgIpc) is 2.35. The van der Waals surface area contributed by atoms with Crippen LogP contribution in [0.3, 0.4) is 0 Å². The zero-order valence-electron chi connectivity index (χ0n) is 9.51. The monoisotopic (exact) mass is 323 g/mol. The Morgan fingerprint density at radius 2 is 2.00 bits per heavy atom. The quantitative estimate of drug-likeness (QED) is 0.592. The lowest BCUT2D eigenvalue weighted by molar-refractivity contribution is 0.132. The minimum atomic E-state index is 0.408. The molecule has 0 radical (unpaired) electrons. The number of rotatable bonds is 4. The highest BCUT2D eigenvalue weighted by Crippen LogP contribution is 2.12. The molecule has 2 nitrogen and oxygen atoms in total. The van der Waals surface area contributed by atoms with E-state index >= 15 is 0 Å². The number of hydrogen-bond donors (Lipinski definition) is 0. The van der Waals surface area contributed by atoms with Crippen LogP contribution < -0.4 is 0 Å². The Morgan fingerprint density at radius 1 is 1.17 bits per heavy atom. The molecule has 0 amide bonds. The maximum atomic E-state index is 5.87. The van der Waals surface area contributed by atoms with Crippen LogP contribution in [0.4, 0.5) is 0 Å². The molecule has 0 saturated carbocycles. The van der Waals surface area contributed by atoms with E-state index in [1.165, 1.54) is 0 Å². The van der Waals surface area contributed by atoms with Gasteiger partial charge in [-0.2, -0.15) is 0 Å². The average molecular weight is 325 g/mol. The van der Waals surface area contributed by atoms with Crippen molar-refractivity contribution < 1.29 is 4.84 Å². The fourth-order valence-corrected chi connectivity index (χ4v) is 2.05. The summed E-state index contributed by atoms with van der Waals surface area (Å²) in [5.41, 5.74) is 1.98. The molecule has 2 rings (SSSR count). The number of hydrogen-bond acceptors (Lipinski definition) is 2. The molecule has 0 heterocycles. The number of nitrogens with zero attached hydrogens (tertiary/aromatic N) is 1. The topological polar surface area (TPSA) is 21.6 Å². The van der Waals surface area contributed by atoms with E-state index in [1.54, 1.807) is 6.21 Å². The van der Waals surface area contributed by atoms with Gasteiger partial charge >= 0.3 is 0 Å². The molecule has 0 aliphatic rings. The first kappa shape index (κ1) is 13.1. The summed E-state index contributed by atoms with van der Waals surface area (Å²) in [5, 5.41) is 4.62. The molecule has 0 N–H and O–H groups in total. The molecule has 2 aromatic carbocycles. The maximum absolute atomic E-state index is 5.87. The molecule has 0 bridgehead atoms. The van der Waals surface area contributed by atoms with Crippen LogP contribution in [0.2, 0.25) is 5.02 Å². The highest BCUT2D eigenvalue weighted by atomic mass is 79.9. The maximum Gasteiger partial charge on any atom is 0.142 e. The molecule has 0 unspecified atom stereocenters. The molecule has 0 aliphatic heterocycles. The largest absolute Gasteiger partial charge is 0.391 e. The molecule has 92 valence electrons. The van der Waals surface area contributed by atoms with E-state index < -0.39 is 0 Å². The number of halogens is 2. The highest BCUT2D eigenvalue weighted by molar-refractivity contribution is 9.10. The Bertz CT molecular complexity index is 557. The molecule has 0 atom stereocenters. The molecule has 18 heavy (non-hydrogen) atoms. The predicted molar refractivity (Wildman–Crippen MR) is 78.0 cm³/mol. The van der Waals surface area contributed by atoms with Crippen LogP contribution in [0.5, 0.6) is 0 Å². The standard InChI is InChI=1S/C14H11BrClNO/c15-13-5-1-3-11(7-13)9-17-18-10-12-4-2-6-14(16)8-12/h1-9H,10H2. The fourth-order valence-electron chi connectivity index (χ4n) is 1.42. The number of oxime groups is 1. The first-order valence-electron chi connectivity index (χ1n) is 5.39. The Balaban J connectivity index is 1.89. The van der Waals surface area contributed by atoms with E-state index in [0.29, 0.717) is 11.6 Å². The molecule has 0 aliphatic carbocycles. The molecular formula is C14H11BrClNO. The summed E-state index contributed by atoms with van der Waals surface area (Å²) in [6, 6.07) is 15.3. The predicted octanol–water partition coefficient (Wildman–Crippen LogP) is 4.65. The number of benzene rings is 2.